The van der Waals surface area contributed by atoms with Crippen LogP contribution in [0, 0.1) is 0 Å². The van der Waals surface area contributed by atoms with Gasteiger partial charge in [0.15, 0.2) is 5.95 Å². The number of nitrogens with zero attached hydrogens (tertiary/aromatic N) is 2. The summed E-state index contributed by atoms with van der Waals surface area (Å²) in [7, 11) is 0. The van der Waals surface area contributed by atoms with Gasteiger partial charge in [0, 0.05) is 26.1 Å². The van der Waals surface area contributed by atoms with Crippen LogP contribution in [-0.4, -0.2) is 21.4 Å². The predicted molar refractivity (Wildman–Crippen MR) is 67.3 cm³/mol. The van der Waals surface area contributed by atoms with Crippen LogP contribution in [0.25, 0.3) is 0 Å². The fraction of sp³-hybridized carbons (Fsp3) is 0.308. The third-order valence-corrected chi connectivity index (χ3v) is 3.18. The number of nitrogen functional groups attached to an aromatic ring is 1. The minimum atomic E-state index is 0.538. The maximum Gasteiger partial charge on any atom is 0.197 e. The van der Waals surface area contributed by atoms with Gasteiger partial charge in [0.05, 0.1) is 11.4 Å². The molecule has 17 heavy (non-hydrogen) atoms. The molecule has 2 heterocycles. The lowest BCUT2D eigenvalue weighted by atomic mass is 10.1. The van der Waals surface area contributed by atoms with Gasteiger partial charge in [0.1, 0.15) is 0 Å². The summed E-state index contributed by atoms with van der Waals surface area (Å²) in [6, 6.07) is 10.5. The topological polar surface area (TPSA) is 57.9 Å². The molecule has 1 aromatic heterocycles. The molecule has 4 heteroatoms. The first-order chi connectivity index (χ1) is 8.31. The maximum absolute atomic E-state index is 5.67. The molecule has 88 valence electrons. The molecule has 4 nitrogen and oxygen atoms in total. The van der Waals surface area contributed by atoms with Crippen LogP contribution in [0.3, 0.4) is 0 Å². The number of H-pyrrole nitrogens is 1. The summed E-state index contributed by atoms with van der Waals surface area (Å²) in [4.78, 5) is 9.84. The molecule has 0 amide bonds. The molecular weight excluding hydrogens is 212 g/mol. The Bertz CT molecular complexity index is 503. The predicted octanol–water partition coefficient (Wildman–Crippen LogP) is 1.55. The first-order valence-electron chi connectivity index (χ1n) is 5.91. The third kappa shape index (κ3) is 2.17. The number of rotatable bonds is 2. The van der Waals surface area contributed by atoms with Crippen molar-refractivity contribution in [3.63, 3.8) is 0 Å². The SMILES string of the molecule is Nc1nc2c([nH]1)CN(Cc1ccccc1)CC2. The maximum atomic E-state index is 5.67. The number of benzene rings is 1. The van der Waals surface area contributed by atoms with Gasteiger partial charge in [-0.1, -0.05) is 30.3 Å². The van der Waals surface area contributed by atoms with Gasteiger partial charge in [0.2, 0.25) is 0 Å². The largest absolute Gasteiger partial charge is 0.369 e. The van der Waals surface area contributed by atoms with Gasteiger partial charge in [-0.05, 0) is 5.56 Å². The summed E-state index contributed by atoms with van der Waals surface area (Å²) in [5.74, 6) is 0.538. The zero-order valence-corrected chi connectivity index (χ0v) is 9.69. The first-order valence-corrected chi connectivity index (χ1v) is 5.91. The number of nitrogens with two attached hydrogens (primary N) is 1. The molecule has 1 aliphatic rings. The van der Waals surface area contributed by atoms with Crippen molar-refractivity contribution in [1.29, 1.82) is 0 Å². The molecule has 0 bridgehead atoms. The normalized spacial score (nSPS) is 15.8. The van der Waals surface area contributed by atoms with Crippen LogP contribution in [0.5, 0.6) is 0 Å². The zero-order chi connectivity index (χ0) is 11.7. The molecule has 0 unspecified atom stereocenters. The highest BCUT2D eigenvalue weighted by molar-refractivity contribution is 5.28. The summed E-state index contributed by atoms with van der Waals surface area (Å²) >= 11 is 0. The fourth-order valence-electron chi connectivity index (χ4n) is 2.35. The Morgan fingerprint density at radius 1 is 1.29 bits per heavy atom. The summed E-state index contributed by atoms with van der Waals surface area (Å²) < 4.78 is 0. The molecule has 0 aliphatic carbocycles. The fourth-order valence-corrected chi connectivity index (χ4v) is 2.35. The van der Waals surface area contributed by atoms with Crippen LogP contribution in [0.2, 0.25) is 0 Å². The second-order valence-electron chi connectivity index (χ2n) is 4.49. The average molecular weight is 228 g/mol. The van der Waals surface area contributed by atoms with Gasteiger partial charge in [-0.2, -0.15) is 0 Å². The Morgan fingerprint density at radius 2 is 2.12 bits per heavy atom. The van der Waals surface area contributed by atoms with Crippen molar-refractivity contribution in [3.05, 3.63) is 47.3 Å². The van der Waals surface area contributed by atoms with Crippen molar-refractivity contribution in [2.75, 3.05) is 12.3 Å². The van der Waals surface area contributed by atoms with Gasteiger partial charge in [0.25, 0.3) is 0 Å². The van der Waals surface area contributed by atoms with Gasteiger partial charge in [-0.3, -0.25) is 4.90 Å². The second-order valence-corrected chi connectivity index (χ2v) is 4.49. The Kier molecular flexibility index (Phi) is 2.57. The van der Waals surface area contributed by atoms with E-state index >= 15 is 0 Å². The monoisotopic (exact) mass is 228 g/mol. The van der Waals surface area contributed by atoms with Crippen LogP contribution < -0.4 is 5.73 Å². The average Bonchev–Trinajstić information content (AvgIpc) is 2.70. The van der Waals surface area contributed by atoms with Gasteiger partial charge < -0.3 is 10.7 Å². The smallest absolute Gasteiger partial charge is 0.197 e. The van der Waals surface area contributed by atoms with Crippen LogP contribution in [0.1, 0.15) is 17.0 Å². The molecule has 3 rings (SSSR count). The Morgan fingerprint density at radius 3 is 2.94 bits per heavy atom. The van der Waals surface area contributed by atoms with Crippen molar-refractivity contribution < 1.29 is 0 Å². The highest BCUT2D eigenvalue weighted by atomic mass is 15.2. The number of aromatic amines is 1. The molecule has 3 N–H and O–H groups in total. The molecule has 1 aliphatic heterocycles. The third-order valence-electron chi connectivity index (χ3n) is 3.18. The molecule has 0 radical (unpaired) electrons. The Balaban J connectivity index is 1.72. The summed E-state index contributed by atoms with van der Waals surface area (Å²) in [5.41, 5.74) is 9.32. The van der Waals surface area contributed by atoms with Crippen molar-refractivity contribution in [2.45, 2.75) is 19.5 Å². The van der Waals surface area contributed by atoms with E-state index in [0.29, 0.717) is 5.95 Å². The summed E-state index contributed by atoms with van der Waals surface area (Å²) in [5, 5.41) is 0. The summed E-state index contributed by atoms with van der Waals surface area (Å²) in [6.45, 7) is 2.94. The van der Waals surface area contributed by atoms with E-state index in [0.717, 1.165) is 31.7 Å². The van der Waals surface area contributed by atoms with Gasteiger partial charge >= 0.3 is 0 Å². The van der Waals surface area contributed by atoms with Gasteiger partial charge in [-0.15, -0.1) is 0 Å². The number of hydrogen-bond acceptors (Lipinski definition) is 3. The zero-order valence-electron chi connectivity index (χ0n) is 9.69. The summed E-state index contributed by atoms with van der Waals surface area (Å²) in [6.07, 6.45) is 0.982. The van der Waals surface area contributed by atoms with E-state index in [2.05, 4.69) is 39.1 Å². The van der Waals surface area contributed by atoms with Crippen molar-refractivity contribution in [3.8, 4) is 0 Å². The minimum absolute atomic E-state index is 0.538. The number of hydrogen-bond donors (Lipinski definition) is 2. The first kappa shape index (κ1) is 10.4. The van der Waals surface area contributed by atoms with Crippen LogP contribution in [-0.2, 0) is 19.5 Å². The van der Waals surface area contributed by atoms with E-state index in [1.165, 1.54) is 11.3 Å². The van der Waals surface area contributed by atoms with E-state index in [1.807, 2.05) is 6.07 Å². The highest BCUT2D eigenvalue weighted by Crippen LogP contribution is 2.19. The number of aromatic nitrogens is 2. The van der Waals surface area contributed by atoms with Crippen LogP contribution in [0.15, 0.2) is 30.3 Å². The van der Waals surface area contributed by atoms with E-state index in [-0.39, 0.29) is 0 Å². The number of nitrogens with one attached hydrogen (secondary N) is 1. The van der Waals surface area contributed by atoms with E-state index in [9.17, 15) is 0 Å². The van der Waals surface area contributed by atoms with Crippen molar-refractivity contribution in [2.24, 2.45) is 0 Å². The quantitative estimate of drug-likeness (QED) is 0.820. The number of anilines is 1. The van der Waals surface area contributed by atoms with E-state index in [1.54, 1.807) is 0 Å². The molecule has 0 fully saturated rings. The van der Waals surface area contributed by atoms with Crippen LogP contribution in [0.4, 0.5) is 5.95 Å². The molecule has 2 aromatic rings. The molecule has 0 atom stereocenters. The Hall–Kier alpha value is -1.81. The van der Waals surface area contributed by atoms with Crippen LogP contribution >= 0.6 is 0 Å². The van der Waals surface area contributed by atoms with Gasteiger partial charge in [-0.25, -0.2) is 4.98 Å². The van der Waals surface area contributed by atoms with E-state index < -0.39 is 0 Å². The molecule has 0 saturated carbocycles. The molecule has 1 aromatic carbocycles. The van der Waals surface area contributed by atoms with E-state index in [4.69, 9.17) is 5.73 Å². The standard InChI is InChI=1S/C13H16N4/c14-13-15-11-6-7-17(9-12(11)16-13)8-10-4-2-1-3-5-10/h1-5H,6-9H2,(H3,14,15,16). The van der Waals surface area contributed by atoms with Crippen molar-refractivity contribution >= 4 is 5.95 Å². The van der Waals surface area contributed by atoms with Crippen molar-refractivity contribution in [1.82, 2.24) is 14.9 Å². The molecule has 0 spiro atoms. The minimum Gasteiger partial charge on any atom is -0.369 e. The lowest BCUT2D eigenvalue weighted by Gasteiger charge is -2.25. The second kappa shape index (κ2) is 4.22. The lowest BCUT2D eigenvalue weighted by Crippen LogP contribution is -2.30. The lowest BCUT2D eigenvalue weighted by molar-refractivity contribution is 0.241. The Labute approximate surface area is 100 Å². The highest BCUT2D eigenvalue weighted by Gasteiger charge is 2.19. The molecular formula is C13H16N4. The molecule has 0 saturated heterocycles. The number of fused-ring (bicyclic) bond motifs is 1. The number of imidazole rings is 1.